The number of ether oxygens (including phenoxy) is 2. The van der Waals surface area contributed by atoms with Crippen LogP contribution >= 0.6 is 0 Å². The number of carbonyl (C=O) groups excluding carboxylic acids is 1. The maximum Gasteiger partial charge on any atom is 0.232 e. The van der Waals surface area contributed by atoms with Crippen molar-refractivity contribution in [2.75, 3.05) is 31.3 Å². The van der Waals surface area contributed by atoms with E-state index in [9.17, 15) is 13.2 Å². The van der Waals surface area contributed by atoms with E-state index in [-0.39, 0.29) is 24.9 Å². The number of sulfonamides is 1. The van der Waals surface area contributed by atoms with Gasteiger partial charge >= 0.3 is 0 Å². The fourth-order valence-electron chi connectivity index (χ4n) is 3.47. The molecule has 2 aromatic carbocycles. The number of benzene rings is 2. The summed E-state index contributed by atoms with van der Waals surface area (Å²) in [4.78, 5) is 12.7. The number of hydrogen-bond donors (Lipinski definition) is 1. The number of hydrogen-bond acceptors (Lipinski definition) is 5. The lowest BCUT2D eigenvalue weighted by molar-refractivity contribution is -0.122. The van der Waals surface area contributed by atoms with Crippen LogP contribution in [0.1, 0.15) is 44.7 Å². The summed E-state index contributed by atoms with van der Waals surface area (Å²) in [5, 5.41) is 3.11. The van der Waals surface area contributed by atoms with Crippen molar-refractivity contribution in [3.05, 3.63) is 54.1 Å². The highest BCUT2D eigenvalue weighted by Gasteiger charge is 2.19. The van der Waals surface area contributed by atoms with E-state index < -0.39 is 10.0 Å². The molecule has 0 radical (unpaired) electrons. The van der Waals surface area contributed by atoms with Crippen LogP contribution in [0.4, 0.5) is 5.69 Å². The average Bonchev–Trinajstić information content (AvgIpc) is 2.75. The Labute approximate surface area is 191 Å². The molecule has 0 aliphatic rings. The molecule has 0 aliphatic carbocycles. The molecule has 8 heteroatoms. The van der Waals surface area contributed by atoms with Crippen molar-refractivity contribution in [1.29, 1.82) is 0 Å². The van der Waals surface area contributed by atoms with Crippen LogP contribution in [-0.4, -0.2) is 41.3 Å². The van der Waals surface area contributed by atoms with Crippen molar-refractivity contribution >= 4 is 21.6 Å². The lowest BCUT2D eigenvalue weighted by atomic mass is 9.96. The molecule has 2 aromatic rings. The minimum Gasteiger partial charge on any atom is -0.497 e. The highest BCUT2D eigenvalue weighted by atomic mass is 32.2. The molecule has 0 heterocycles. The zero-order valence-corrected chi connectivity index (χ0v) is 20.3. The average molecular weight is 463 g/mol. The van der Waals surface area contributed by atoms with E-state index in [4.69, 9.17) is 9.47 Å². The third kappa shape index (κ3) is 7.75. The first-order valence-corrected chi connectivity index (χ1v) is 12.5. The van der Waals surface area contributed by atoms with Gasteiger partial charge < -0.3 is 14.8 Å². The van der Waals surface area contributed by atoms with Crippen LogP contribution in [0.15, 0.2) is 48.5 Å². The molecule has 176 valence electrons. The van der Waals surface area contributed by atoms with E-state index >= 15 is 0 Å². The third-order valence-corrected chi connectivity index (χ3v) is 6.28. The van der Waals surface area contributed by atoms with Crippen molar-refractivity contribution in [2.45, 2.75) is 39.2 Å². The quantitative estimate of drug-likeness (QED) is 0.512. The van der Waals surface area contributed by atoms with E-state index in [0.717, 1.165) is 17.7 Å². The molecule has 0 aliphatic heterocycles. The Morgan fingerprint density at radius 1 is 0.969 bits per heavy atom. The van der Waals surface area contributed by atoms with Gasteiger partial charge in [-0.1, -0.05) is 26.0 Å². The lowest BCUT2D eigenvalue weighted by Crippen LogP contribution is -2.33. The Hall–Kier alpha value is -2.74. The number of nitrogens with zero attached hydrogens (tertiary/aromatic N) is 1. The first-order valence-electron chi connectivity index (χ1n) is 10.7. The summed E-state index contributed by atoms with van der Waals surface area (Å²) < 4.78 is 36.2. The van der Waals surface area contributed by atoms with E-state index in [1.165, 1.54) is 10.6 Å². The van der Waals surface area contributed by atoms with E-state index in [1.807, 2.05) is 24.3 Å². The molecule has 32 heavy (non-hydrogen) atoms. The van der Waals surface area contributed by atoms with Crippen LogP contribution in [0.2, 0.25) is 0 Å². The summed E-state index contributed by atoms with van der Waals surface area (Å²) in [7, 11) is -0.300. The van der Waals surface area contributed by atoms with Gasteiger partial charge in [-0.15, -0.1) is 0 Å². The van der Waals surface area contributed by atoms with Crippen molar-refractivity contribution in [3.8, 4) is 11.5 Å². The first-order chi connectivity index (χ1) is 15.1. The normalized spacial score (nSPS) is 12.3. The van der Waals surface area contributed by atoms with Gasteiger partial charge in [0.15, 0.2) is 0 Å². The fourth-order valence-corrected chi connectivity index (χ4v) is 4.44. The van der Waals surface area contributed by atoms with E-state index in [1.54, 1.807) is 38.5 Å². The van der Waals surface area contributed by atoms with Crippen LogP contribution in [0.25, 0.3) is 0 Å². The van der Waals surface area contributed by atoms with Gasteiger partial charge in [0.05, 0.1) is 32.2 Å². The third-order valence-electron chi connectivity index (χ3n) is 5.09. The van der Waals surface area contributed by atoms with Crippen LogP contribution in [0, 0.1) is 5.92 Å². The lowest BCUT2D eigenvalue weighted by Gasteiger charge is -2.24. The summed E-state index contributed by atoms with van der Waals surface area (Å²) in [5.41, 5.74) is 1.56. The summed E-state index contributed by atoms with van der Waals surface area (Å²) in [6.45, 7) is 4.44. The van der Waals surface area contributed by atoms with Crippen LogP contribution in [0.5, 0.6) is 11.5 Å². The Morgan fingerprint density at radius 3 is 1.97 bits per heavy atom. The number of amides is 1. The smallest absolute Gasteiger partial charge is 0.232 e. The predicted molar refractivity (Wildman–Crippen MR) is 128 cm³/mol. The van der Waals surface area contributed by atoms with Crippen LogP contribution in [0.3, 0.4) is 0 Å². The molecule has 1 amide bonds. The second-order valence-electron chi connectivity index (χ2n) is 8.16. The summed E-state index contributed by atoms with van der Waals surface area (Å²) in [5.74, 6) is 1.71. The van der Waals surface area contributed by atoms with E-state index in [2.05, 4.69) is 19.2 Å². The number of carbonyl (C=O) groups is 1. The SMILES string of the molecule is COc1ccc([C@H](CC(C)C)NC(=O)CCCN(c2ccc(OC)cc2)S(C)(=O)=O)cc1. The highest BCUT2D eigenvalue weighted by Crippen LogP contribution is 2.24. The monoisotopic (exact) mass is 462 g/mol. The molecule has 0 saturated heterocycles. The second kappa shape index (κ2) is 11.8. The molecule has 2 rings (SSSR count). The Bertz CT molecular complexity index is 957. The van der Waals surface area contributed by atoms with Gasteiger partial charge in [0.1, 0.15) is 11.5 Å². The van der Waals surface area contributed by atoms with Gasteiger partial charge in [0, 0.05) is 13.0 Å². The van der Waals surface area contributed by atoms with Crippen molar-refractivity contribution in [2.24, 2.45) is 5.92 Å². The van der Waals surface area contributed by atoms with Crippen molar-refractivity contribution < 1.29 is 22.7 Å². The molecular formula is C24H34N2O5S. The molecular weight excluding hydrogens is 428 g/mol. The van der Waals surface area contributed by atoms with Crippen LogP contribution in [-0.2, 0) is 14.8 Å². The summed E-state index contributed by atoms with van der Waals surface area (Å²) >= 11 is 0. The van der Waals surface area contributed by atoms with Crippen molar-refractivity contribution in [3.63, 3.8) is 0 Å². The van der Waals surface area contributed by atoms with Gasteiger partial charge in [0.25, 0.3) is 0 Å². The number of anilines is 1. The Kier molecular flexibility index (Phi) is 9.38. The molecule has 1 N–H and O–H groups in total. The Morgan fingerprint density at radius 2 is 1.50 bits per heavy atom. The molecule has 0 fully saturated rings. The maximum atomic E-state index is 12.7. The summed E-state index contributed by atoms with van der Waals surface area (Å²) in [6, 6.07) is 14.4. The molecule has 0 spiro atoms. The number of methoxy groups -OCH3 is 2. The Balaban J connectivity index is 2.00. The molecule has 0 bridgehead atoms. The molecule has 0 saturated carbocycles. The minimum absolute atomic E-state index is 0.102. The van der Waals surface area contributed by atoms with Crippen molar-refractivity contribution in [1.82, 2.24) is 5.32 Å². The van der Waals surface area contributed by atoms with Gasteiger partial charge in [-0.05, 0) is 60.7 Å². The molecule has 0 unspecified atom stereocenters. The molecule has 0 aromatic heterocycles. The zero-order chi connectivity index (χ0) is 23.7. The second-order valence-corrected chi connectivity index (χ2v) is 10.1. The minimum atomic E-state index is -3.48. The van der Waals surface area contributed by atoms with Crippen LogP contribution < -0.4 is 19.1 Å². The van der Waals surface area contributed by atoms with Gasteiger partial charge in [-0.25, -0.2) is 8.42 Å². The molecule has 7 nitrogen and oxygen atoms in total. The summed E-state index contributed by atoms with van der Waals surface area (Å²) in [6.07, 6.45) is 2.61. The molecule has 1 atom stereocenters. The fraction of sp³-hybridized carbons (Fsp3) is 0.458. The largest absolute Gasteiger partial charge is 0.497 e. The number of rotatable bonds is 12. The highest BCUT2D eigenvalue weighted by molar-refractivity contribution is 7.92. The topological polar surface area (TPSA) is 84.9 Å². The maximum absolute atomic E-state index is 12.7. The standard InChI is InChI=1S/C24H34N2O5S/c1-18(2)17-23(19-8-12-21(30-3)13-9-19)25-24(27)7-6-16-26(32(5,28)29)20-10-14-22(31-4)15-11-20/h8-15,18,23H,6-7,16-17H2,1-5H3,(H,25,27)/t23-/m0/s1. The van der Waals surface area contributed by atoms with Gasteiger partial charge in [0.2, 0.25) is 15.9 Å². The van der Waals surface area contributed by atoms with E-state index in [0.29, 0.717) is 23.8 Å². The predicted octanol–water partition coefficient (Wildman–Crippen LogP) is 4.15. The first kappa shape index (κ1) is 25.5. The number of nitrogens with one attached hydrogen (secondary N) is 1. The van der Waals surface area contributed by atoms with Gasteiger partial charge in [-0.2, -0.15) is 0 Å². The van der Waals surface area contributed by atoms with Gasteiger partial charge in [-0.3, -0.25) is 9.10 Å². The zero-order valence-electron chi connectivity index (χ0n) is 19.5.